The Morgan fingerprint density at radius 3 is 2.59 bits per heavy atom. The van der Waals surface area contributed by atoms with Crippen LogP contribution in [0.1, 0.15) is 31.7 Å². The average molecular weight is 258 g/mol. The van der Waals surface area contributed by atoms with Crippen molar-refractivity contribution >= 4 is 11.8 Å². The monoisotopic (exact) mass is 258 g/mol. The summed E-state index contributed by atoms with van der Waals surface area (Å²) in [5, 5.41) is 0. The summed E-state index contributed by atoms with van der Waals surface area (Å²) >= 11 is 1.86. The lowest BCUT2D eigenvalue weighted by atomic mass is 9.91. The van der Waals surface area contributed by atoms with Crippen LogP contribution in [-0.2, 0) is 0 Å². The van der Waals surface area contributed by atoms with Crippen molar-refractivity contribution in [2.75, 3.05) is 12.9 Å². The smallest absolute Gasteiger partial charge is 0.200 e. The molecule has 0 spiro atoms. The highest BCUT2D eigenvalue weighted by atomic mass is 32.2. The fourth-order valence-electron chi connectivity index (χ4n) is 2.31. The first-order chi connectivity index (χ1) is 7.94. The fourth-order valence-corrected chi connectivity index (χ4v) is 3.58. The van der Waals surface area contributed by atoms with E-state index in [-0.39, 0.29) is 16.4 Å². The Balaban J connectivity index is 2.37. The molecule has 0 aromatic heterocycles. The van der Waals surface area contributed by atoms with E-state index in [0.29, 0.717) is 0 Å². The molecule has 0 amide bonds. The quantitative estimate of drug-likeness (QED) is 0.793. The van der Waals surface area contributed by atoms with Crippen molar-refractivity contribution in [1.82, 2.24) is 0 Å². The molecule has 0 N–H and O–H groups in total. The van der Waals surface area contributed by atoms with Gasteiger partial charge in [0.05, 0.1) is 7.11 Å². The average Bonchev–Trinajstić information content (AvgIpc) is 2.62. The highest BCUT2D eigenvalue weighted by Crippen LogP contribution is 2.47. The summed E-state index contributed by atoms with van der Waals surface area (Å²) in [4.78, 5) is 0. The first-order valence-corrected chi connectivity index (χ1v) is 6.59. The van der Waals surface area contributed by atoms with Crippen LogP contribution in [0.4, 0.5) is 8.78 Å². The van der Waals surface area contributed by atoms with Gasteiger partial charge in [-0.1, -0.05) is 19.9 Å². The van der Waals surface area contributed by atoms with E-state index in [1.165, 1.54) is 13.2 Å². The van der Waals surface area contributed by atoms with Gasteiger partial charge >= 0.3 is 0 Å². The van der Waals surface area contributed by atoms with Crippen LogP contribution in [0.5, 0.6) is 5.75 Å². The molecule has 1 aliphatic heterocycles. The van der Waals surface area contributed by atoms with E-state index in [4.69, 9.17) is 4.74 Å². The number of methoxy groups -OCH3 is 1. The zero-order chi connectivity index (χ0) is 12.6. The number of benzene rings is 1. The van der Waals surface area contributed by atoms with Gasteiger partial charge in [0.15, 0.2) is 11.6 Å². The summed E-state index contributed by atoms with van der Waals surface area (Å²) in [6.45, 7) is 4.34. The van der Waals surface area contributed by atoms with Gasteiger partial charge in [0.25, 0.3) is 0 Å². The third-order valence-corrected chi connectivity index (χ3v) is 4.65. The Kier molecular flexibility index (Phi) is 3.34. The van der Waals surface area contributed by atoms with Gasteiger partial charge in [0, 0.05) is 16.1 Å². The summed E-state index contributed by atoms with van der Waals surface area (Å²) in [5.74, 6) is -0.502. The van der Waals surface area contributed by atoms with Crippen LogP contribution >= 0.6 is 11.8 Å². The summed E-state index contributed by atoms with van der Waals surface area (Å²) in [6, 6.07) is 2.83. The Morgan fingerprint density at radius 1 is 1.35 bits per heavy atom. The van der Waals surface area contributed by atoms with Crippen LogP contribution in [0.3, 0.4) is 0 Å². The molecule has 0 aliphatic carbocycles. The van der Waals surface area contributed by atoms with Crippen LogP contribution in [-0.4, -0.2) is 17.6 Å². The van der Waals surface area contributed by atoms with Crippen LogP contribution in [0.2, 0.25) is 0 Å². The van der Waals surface area contributed by atoms with Crippen LogP contribution in [0.25, 0.3) is 0 Å². The van der Waals surface area contributed by atoms with Crippen molar-refractivity contribution in [2.24, 2.45) is 0 Å². The van der Waals surface area contributed by atoms with Gasteiger partial charge in [-0.05, 0) is 18.4 Å². The molecular weight excluding hydrogens is 242 g/mol. The molecule has 2 rings (SSSR count). The van der Waals surface area contributed by atoms with E-state index in [1.807, 2.05) is 11.8 Å². The standard InChI is InChI=1S/C13H16F2OS/c1-13(2)6-8(7-17-13)9-4-5-10(14)11(15)12(9)16-3/h4-5,8H,6-7H2,1-3H3. The molecule has 0 saturated carbocycles. The summed E-state index contributed by atoms with van der Waals surface area (Å²) in [7, 11) is 1.38. The molecule has 17 heavy (non-hydrogen) atoms. The van der Waals surface area contributed by atoms with Crippen molar-refractivity contribution in [1.29, 1.82) is 0 Å². The van der Waals surface area contributed by atoms with E-state index in [2.05, 4.69) is 13.8 Å². The van der Waals surface area contributed by atoms with Gasteiger partial charge in [-0.3, -0.25) is 0 Å². The van der Waals surface area contributed by atoms with Crippen LogP contribution in [0.15, 0.2) is 12.1 Å². The zero-order valence-corrected chi connectivity index (χ0v) is 11.0. The Bertz CT molecular complexity index is 432. The van der Waals surface area contributed by atoms with Crippen molar-refractivity contribution < 1.29 is 13.5 Å². The molecule has 1 aromatic rings. The van der Waals surface area contributed by atoms with Gasteiger partial charge in [0.2, 0.25) is 5.82 Å². The number of ether oxygens (including phenoxy) is 1. The molecule has 1 saturated heterocycles. The van der Waals surface area contributed by atoms with Gasteiger partial charge in [-0.2, -0.15) is 16.2 Å². The van der Waals surface area contributed by atoms with Crippen LogP contribution < -0.4 is 4.74 Å². The second-order valence-electron chi connectivity index (χ2n) is 4.96. The Labute approximate surface area is 105 Å². The van der Waals surface area contributed by atoms with Crippen LogP contribution in [0, 0.1) is 11.6 Å². The maximum Gasteiger partial charge on any atom is 0.200 e. The molecular formula is C13H16F2OS. The highest BCUT2D eigenvalue weighted by molar-refractivity contribution is 8.00. The van der Waals surface area contributed by atoms with Crippen molar-refractivity contribution in [3.8, 4) is 5.75 Å². The number of thioether (sulfide) groups is 1. The number of halogens is 2. The Morgan fingerprint density at radius 2 is 2.06 bits per heavy atom. The predicted molar refractivity (Wildman–Crippen MR) is 66.8 cm³/mol. The molecule has 1 heterocycles. The predicted octanol–water partition coefficient (Wildman–Crippen LogP) is 3.97. The topological polar surface area (TPSA) is 9.23 Å². The minimum absolute atomic E-state index is 0.0632. The normalized spacial score (nSPS) is 22.8. The van der Waals surface area contributed by atoms with Gasteiger partial charge < -0.3 is 4.74 Å². The largest absolute Gasteiger partial charge is 0.493 e. The molecule has 1 aromatic carbocycles. The van der Waals surface area contributed by atoms with Gasteiger partial charge in [0.1, 0.15) is 0 Å². The first kappa shape index (κ1) is 12.7. The maximum atomic E-state index is 13.6. The molecule has 4 heteroatoms. The maximum absolute atomic E-state index is 13.6. The first-order valence-electron chi connectivity index (χ1n) is 5.60. The molecule has 1 nitrogen and oxygen atoms in total. The minimum Gasteiger partial charge on any atom is -0.493 e. The molecule has 1 unspecified atom stereocenters. The molecule has 1 fully saturated rings. The third-order valence-electron chi connectivity index (χ3n) is 3.14. The SMILES string of the molecule is COc1c(C2CSC(C)(C)C2)ccc(F)c1F. The summed E-state index contributed by atoms with van der Waals surface area (Å²) < 4.78 is 31.9. The van der Waals surface area contributed by atoms with E-state index < -0.39 is 11.6 Å². The van der Waals surface area contributed by atoms with Gasteiger partial charge in [-0.15, -0.1) is 0 Å². The summed E-state index contributed by atoms with van der Waals surface area (Å²) in [6.07, 6.45) is 0.957. The van der Waals surface area contributed by atoms with E-state index >= 15 is 0 Å². The second-order valence-corrected chi connectivity index (χ2v) is 6.68. The number of rotatable bonds is 2. The molecule has 1 atom stereocenters. The third kappa shape index (κ3) is 2.41. The Hall–Kier alpha value is -0.770. The van der Waals surface area contributed by atoms with E-state index in [9.17, 15) is 8.78 Å². The van der Waals surface area contributed by atoms with E-state index in [0.717, 1.165) is 17.7 Å². The second kappa shape index (κ2) is 4.48. The molecule has 0 radical (unpaired) electrons. The van der Waals surface area contributed by atoms with Crippen molar-refractivity contribution in [3.63, 3.8) is 0 Å². The number of hydrogen-bond acceptors (Lipinski definition) is 2. The van der Waals surface area contributed by atoms with Crippen molar-refractivity contribution in [2.45, 2.75) is 30.9 Å². The number of hydrogen-bond donors (Lipinski definition) is 0. The summed E-state index contributed by atoms with van der Waals surface area (Å²) in [5.41, 5.74) is 0.782. The zero-order valence-electron chi connectivity index (χ0n) is 10.2. The van der Waals surface area contributed by atoms with Gasteiger partial charge in [-0.25, -0.2) is 4.39 Å². The lowest BCUT2D eigenvalue weighted by molar-refractivity contribution is 0.363. The fraction of sp³-hybridized carbons (Fsp3) is 0.538. The molecule has 1 aliphatic rings. The van der Waals surface area contributed by atoms with E-state index in [1.54, 1.807) is 6.07 Å². The lowest BCUT2D eigenvalue weighted by Gasteiger charge is -2.18. The van der Waals surface area contributed by atoms with Crippen molar-refractivity contribution in [3.05, 3.63) is 29.3 Å². The highest BCUT2D eigenvalue weighted by Gasteiger charge is 2.34. The molecule has 0 bridgehead atoms. The minimum atomic E-state index is -0.875. The molecule has 94 valence electrons. The lowest BCUT2D eigenvalue weighted by Crippen LogP contribution is -2.11.